The number of nitrogens with zero attached hydrogens (tertiary/aromatic N) is 4. The number of benzene rings is 1. The normalized spacial score (nSPS) is 9.90. The van der Waals surface area contributed by atoms with E-state index in [0.717, 1.165) is 29.4 Å². The lowest BCUT2D eigenvalue weighted by atomic mass is 10.2. The van der Waals surface area contributed by atoms with Crippen molar-refractivity contribution in [3.63, 3.8) is 0 Å². The van der Waals surface area contributed by atoms with Gasteiger partial charge in [0.05, 0.1) is 11.6 Å². The molecule has 1 aromatic heterocycles. The van der Waals surface area contributed by atoms with Gasteiger partial charge in [-0.1, -0.05) is 6.07 Å². The van der Waals surface area contributed by atoms with Gasteiger partial charge in [-0.3, -0.25) is 0 Å². The number of rotatable bonds is 4. The average Bonchev–Trinajstić information content (AvgIpc) is 2.49. The Labute approximate surface area is 118 Å². The maximum atomic E-state index is 8.98. The molecule has 0 radical (unpaired) electrons. The highest BCUT2D eigenvalue weighted by Gasteiger charge is 2.12. The zero-order valence-electron chi connectivity index (χ0n) is 11.9. The van der Waals surface area contributed by atoms with Crippen molar-refractivity contribution in [2.24, 2.45) is 0 Å². The van der Waals surface area contributed by atoms with E-state index in [9.17, 15) is 0 Å². The quantitative estimate of drug-likeness (QED) is 0.922. The van der Waals surface area contributed by atoms with Crippen LogP contribution < -0.4 is 10.2 Å². The lowest BCUT2D eigenvalue weighted by Gasteiger charge is -2.21. The van der Waals surface area contributed by atoms with Crippen LogP contribution in [0.15, 0.2) is 30.6 Å². The van der Waals surface area contributed by atoms with Crippen molar-refractivity contribution in [3.8, 4) is 6.07 Å². The summed E-state index contributed by atoms with van der Waals surface area (Å²) in [5.74, 6) is 1.66. The van der Waals surface area contributed by atoms with E-state index in [1.54, 1.807) is 12.4 Å². The van der Waals surface area contributed by atoms with Crippen LogP contribution in [0, 0.1) is 18.3 Å². The lowest BCUT2D eigenvalue weighted by molar-refractivity contribution is 1.03. The fourth-order valence-electron chi connectivity index (χ4n) is 2.03. The predicted molar refractivity (Wildman–Crippen MR) is 80.2 cm³/mol. The number of aromatic nitrogens is 2. The Balaban J connectivity index is 2.40. The van der Waals surface area contributed by atoms with Crippen LogP contribution in [0.25, 0.3) is 0 Å². The van der Waals surface area contributed by atoms with Gasteiger partial charge in [-0.2, -0.15) is 5.26 Å². The molecular formula is C15H17N5. The number of hydrogen-bond acceptors (Lipinski definition) is 5. The Morgan fingerprint density at radius 1 is 1.35 bits per heavy atom. The van der Waals surface area contributed by atoms with Gasteiger partial charge in [-0.25, -0.2) is 9.97 Å². The zero-order valence-corrected chi connectivity index (χ0v) is 11.9. The predicted octanol–water partition coefficient (Wildman–Crippen LogP) is 2.86. The third kappa shape index (κ3) is 2.69. The first-order valence-electron chi connectivity index (χ1n) is 6.46. The molecule has 0 aliphatic carbocycles. The molecule has 0 spiro atoms. The molecule has 1 aromatic carbocycles. The van der Waals surface area contributed by atoms with Crippen LogP contribution in [0.3, 0.4) is 0 Å². The van der Waals surface area contributed by atoms with Gasteiger partial charge >= 0.3 is 0 Å². The maximum absolute atomic E-state index is 8.98. The molecule has 2 aromatic rings. The summed E-state index contributed by atoms with van der Waals surface area (Å²) in [6.07, 6.45) is 1.55. The molecule has 20 heavy (non-hydrogen) atoms. The van der Waals surface area contributed by atoms with Crippen LogP contribution in [0.5, 0.6) is 0 Å². The van der Waals surface area contributed by atoms with E-state index < -0.39 is 0 Å². The largest absolute Gasteiger partial charge is 0.370 e. The summed E-state index contributed by atoms with van der Waals surface area (Å²) in [4.78, 5) is 10.5. The number of nitrogens with one attached hydrogen (secondary N) is 1. The highest BCUT2D eigenvalue weighted by atomic mass is 15.2. The van der Waals surface area contributed by atoms with Gasteiger partial charge in [0.25, 0.3) is 0 Å². The van der Waals surface area contributed by atoms with Crippen LogP contribution >= 0.6 is 0 Å². The Hall–Kier alpha value is -2.61. The van der Waals surface area contributed by atoms with Crippen molar-refractivity contribution in [1.29, 1.82) is 5.26 Å². The molecular weight excluding hydrogens is 250 g/mol. The smallest absolute Gasteiger partial charge is 0.141 e. The number of anilines is 3. The first-order chi connectivity index (χ1) is 9.67. The molecule has 2 rings (SSSR count). The standard InChI is InChI=1S/C15H17N5/c1-4-17-14-11(2)15(19-10-18-14)20(3)13-7-5-6-12(8-13)9-16/h5-8,10H,4H2,1-3H3,(H,17,18,19). The van der Waals surface area contributed by atoms with Gasteiger partial charge < -0.3 is 10.2 Å². The molecule has 1 heterocycles. The van der Waals surface area contributed by atoms with Crippen molar-refractivity contribution < 1.29 is 0 Å². The van der Waals surface area contributed by atoms with Gasteiger partial charge in [-0.15, -0.1) is 0 Å². The van der Waals surface area contributed by atoms with E-state index in [2.05, 4.69) is 21.4 Å². The van der Waals surface area contributed by atoms with Gasteiger partial charge in [0, 0.05) is 24.8 Å². The van der Waals surface area contributed by atoms with Crippen LogP contribution in [-0.4, -0.2) is 23.6 Å². The summed E-state index contributed by atoms with van der Waals surface area (Å²) in [6, 6.07) is 9.60. The lowest BCUT2D eigenvalue weighted by Crippen LogP contribution is -2.15. The van der Waals surface area contributed by atoms with Gasteiger partial charge in [-0.05, 0) is 32.0 Å². The topological polar surface area (TPSA) is 64.8 Å². The molecule has 0 unspecified atom stereocenters. The molecule has 1 N–H and O–H groups in total. The molecule has 0 saturated carbocycles. The summed E-state index contributed by atoms with van der Waals surface area (Å²) >= 11 is 0. The van der Waals surface area contributed by atoms with E-state index >= 15 is 0 Å². The third-order valence-corrected chi connectivity index (χ3v) is 3.08. The Morgan fingerprint density at radius 2 is 2.15 bits per heavy atom. The van der Waals surface area contributed by atoms with Crippen LogP contribution in [0.2, 0.25) is 0 Å². The molecule has 5 nitrogen and oxygen atoms in total. The molecule has 5 heteroatoms. The van der Waals surface area contributed by atoms with Crippen molar-refractivity contribution in [2.45, 2.75) is 13.8 Å². The van der Waals surface area contributed by atoms with E-state index in [1.807, 2.05) is 44.0 Å². The number of hydrogen-bond donors (Lipinski definition) is 1. The highest BCUT2D eigenvalue weighted by molar-refractivity contribution is 5.67. The summed E-state index contributed by atoms with van der Waals surface area (Å²) in [5, 5.41) is 12.2. The Bertz CT molecular complexity index is 645. The molecule has 0 fully saturated rings. The summed E-state index contributed by atoms with van der Waals surface area (Å²) in [6.45, 7) is 4.82. The van der Waals surface area contributed by atoms with E-state index in [0.29, 0.717) is 5.56 Å². The van der Waals surface area contributed by atoms with Crippen molar-refractivity contribution in [1.82, 2.24) is 9.97 Å². The van der Waals surface area contributed by atoms with Gasteiger partial charge in [0.2, 0.25) is 0 Å². The minimum atomic E-state index is 0.632. The van der Waals surface area contributed by atoms with E-state index in [1.165, 1.54) is 0 Å². The fourth-order valence-corrected chi connectivity index (χ4v) is 2.03. The summed E-state index contributed by atoms with van der Waals surface area (Å²) < 4.78 is 0. The Kier molecular flexibility index (Phi) is 4.16. The fraction of sp³-hybridized carbons (Fsp3) is 0.267. The number of nitriles is 1. The second-order valence-corrected chi connectivity index (χ2v) is 4.42. The van der Waals surface area contributed by atoms with Crippen molar-refractivity contribution in [3.05, 3.63) is 41.7 Å². The average molecular weight is 267 g/mol. The minimum Gasteiger partial charge on any atom is -0.370 e. The summed E-state index contributed by atoms with van der Waals surface area (Å²) in [7, 11) is 1.93. The van der Waals surface area contributed by atoms with Crippen LogP contribution in [-0.2, 0) is 0 Å². The SMILES string of the molecule is CCNc1ncnc(N(C)c2cccc(C#N)c2)c1C. The molecule has 0 saturated heterocycles. The molecule has 0 aliphatic heterocycles. The van der Waals surface area contributed by atoms with Crippen LogP contribution in [0.4, 0.5) is 17.3 Å². The first-order valence-corrected chi connectivity index (χ1v) is 6.46. The van der Waals surface area contributed by atoms with E-state index in [-0.39, 0.29) is 0 Å². The maximum Gasteiger partial charge on any atom is 0.141 e. The van der Waals surface area contributed by atoms with Crippen molar-refractivity contribution in [2.75, 3.05) is 23.8 Å². The second kappa shape index (κ2) is 6.02. The third-order valence-electron chi connectivity index (χ3n) is 3.08. The second-order valence-electron chi connectivity index (χ2n) is 4.42. The van der Waals surface area contributed by atoms with E-state index in [4.69, 9.17) is 5.26 Å². The highest BCUT2D eigenvalue weighted by Crippen LogP contribution is 2.27. The van der Waals surface area contributed by atoms with Gasteiger partial charge in [0.15, 0.2) is 0 Å². The summed E-state index contributed by atoms with van der Waals surface area (Å²) in [5.41, 5.74) is 2.54. The van der Waals surface area contributed by atoms with Crippen molar-refractivity contribution >= 4 is 17.3 Å². The minimum absolute atomic E-state index is 0.632. The zero-order chi connectivity index (χ0) is 14.5. The van der Waals surface area contributed by atoms with Crippen LogP contribution in [0.1, 0.15) is 18.1 Å². The molecule has 0 atom stereocenters. The molecule has 102 valence electrons. The first kappa shape index (κ1) is 13.8. The molecule has 0 amide bonds. The Morgan fingerprint density at radius 3 is 2.85 bits per heavy atom. The molecule has 0 bridgehead atoms. The van der Waals surface area contributed by atoms with Gasteiger partial charge in [0.1, 0.15) is 18.0 Å². The molecule has 0 aliphatic rings. The monoisotopic (exact) mass is 267 g/mol.